The summed E-state index contributed by atoms with van der Waals surface area (Å²) in [5, 5.41) is 28.7. The number of carbonyl (C=O) groups is 1. The van der Waals surface area contributed by atoms with Gasteiger partial charge in [0.05, 0.1) is 59.4 Å². The number of carbonyl (C=O) groups excluding carboxylic acids is 1. The van der Waals surface area contributed by atoms with Gasteiger partial charge in [-0.25, -0.2) is 9.79 Å². The van der Waals surface area contributed by atoms with Gasteiger partial charge in [0.25, 0.3) is 0 Å². The van der Waals surface area contributed by atoms with Gasteiger partial charge in [0.15, 0.2) is 0 Å². The van der Waals surface area contributed by atoms with Crippen LogP contribution in [0.1, 0.15) is 43.5 Å². The van der Waals surface area contributed by atoms with Crippen molar-refractivity contribution in [3.63, 3.8) is 0 Å². The molecule has 1 saturated heterocycles. The summed E-state index contributed by atoms with van der Waals surface area (Å²) in [7, 11) is 1.92. The minimum absolute atomic E-state index is 0.0853. The third-order valence-electron chi connectivity index (χ3n) is 8.46. The fourth-order valence-corrected chi connectivity index (χ4v) is 6.56. The van der Waals surface area contributed by atoms with Crippen LogP contribution in [-0.4, -0.2) is 65.5 Å². The first-order valence-corrected chi connectivity index (χ1v) is 14.7. The predicted octanol–water partition coefficient (Wildman–Crippen LogP) is 5.69. The molecule has 12 nitrogen and oxygen atoms in total. The van der Waals surface area contributed by atoms with E-state index in [9.17, 15) is 4.79 Å². The van der Waals surface area contributed by atoms with Crippen molar-refractivity contribution < 1.29 is 4.79 Å². The Labute approximate surface area is 258 Å². The summed E-state index contributed by atoms with van der Waals surface area (Å²) in [5.41, 5.74) is 12.6. The number of rotatable bonds is 5. The summed E-state index contributed by atoms with van der Waals surface area (Å²) < 4.78 is 3.84. The Kier molecular flexibility index (Phi) is 7.65. The zero-order valence-corrected chi connectivity index (χ0v) is 25.7. The fraction of sp³-hybridized carbons (Fsp3) is 0.323. The van der Waals surface area contributed by atoms with E-state index in [1.165, 1.54) is 0 Å². The lowest BCUT2D eigenvalue weighted by atomic mass is 9.94. The number of urea groups is 1. The van der Waals surface area contributed by atoms with Gasteiger partial charge < -0.3 is 10.6 Å². The molecule has 13 heteroatoms. The van der Waals surface area contributed by atoms with Crippen LogP contribution in [0.5, 0.6) is 0 Å². The Bertz CT molecular complexity index is 2010. The highest BCUT2D eigenvalue weighted by molar-refractivity contribution is 6.36. The third kappa shape index (κ3) is 4.89. The van der Waals surface area contributed by atoms with Crippen molar-refractivity contribution >= 4 is 51.6 Å². The van der Waals surface area contributed by atoms with Gasteiger partial charge in [-0.15, -0.1) is 0 Å². The lowest BCUT2D eigenvalue weighted by molar-refractivity contribution is 0.182. The lowest BCUT2D eigenvalue weighted by Crippen LogP contribution is -2.39. The minimum atomic E-state index is -0.440. The number of hydrogen-bond donors (Lipinski definition) is 2. The Morgan fingerprint density at radius 3 is 2.89 bits per heavy atom. The number of benzene rings is 2. The van der Waals surface area contributed by atoms with Crippen molar-refractivity contribution in [2.75, 3.05) is 6.54 Å². The van der Waals surface area contributed by atoms with Gasteiger partial charge in [-0.1, -0.05) is 17.7 Å². The van der Waals surface area contributed by atoms with Gasteiger partial charge in [0.1, 0.15) is 11.5 Å². The molecule has 4 heterocycles. The van der Waals surface area contributed by atoms with Crippen LogP contribution in [0.3, 0.4) is 0 Å². The molecule has 2 amide bonds. The Balaban J connectivity index is 1.50. The van der Waals surface area contributed by atoms with E-state index in [1.54, 1.807) is 11.1 Å². The average Bonchev–Trinajstić information content (AvgIpc) is 3.81. The number of hydrogen-bond acceptors (Lipinski definition) is 5. The van der Waals surface area contributed by atoms with E-state index in [0.29, 0.717) is 11.6 Å². The molecule has 2 atom stereocenters. The summed E-state index contributed by atoms with van der Waals surface area (Å²) in [6, 6.07) is 9.34. The molecular weight excluding hydrogens is 578 g/mol. The zero-order chi connectivity index (χ0) is 31.1. The summed E-state index contributed by atoms with van der Waals surface area (Å²) in [4.78, 5) is 23.1. The molecule has 1 aliphatic heterocycles. The SMILES string of the molecule is Cc1cc2[nH]ncc2c(-c2c(-c3ccc4c(cnn4C)c3)nn(C(C)C3CCCN3C(=O)/N=C(\CC#N)N=CN)c2C)c1Cl. The zero-order valence-electron chi connectivity index (χ0n) is 24.9. The molecule has 0 bridgehead atoms. The normalized spacial score (nSPS) is 16.4. The second-order valence-electron chi connectivity index (χ2n) is 11.1. The van der Waals surface area contributed by atoms with Crippen molar-refractivity contribution in [3.05, 3.63) is 52.9 Å². The van der Waals surface area contributed by atoms with E-state index in [1.807, 2.05) is 54.7 Å². The van der Waals surface area contributed by atoms with Gasteiger partial charge in [-0.3, -0.25) is 14.5 Å². The van der Waals surface area contributed by atoms with Crippen molar-refractivity contribution in [2.45, 2.75) is 52.1 Å². The number of nitriles is 1. The number of aromatic amines is 1. The maximum Gasteiger partial charge on any atom is 0.345 e. The summed E-state index contributed by atoms with van der Waals surface area (Å²) in [5.74, 6) is 0.0853. The summed E-state index contributed by atoms with van der Waals surface area (Å²) in [6.07, 6.45) is 6.17. The first-order chi connectivity index (χ1) is 21.2. The quantitative estimate of drug-likeness (QED) is 0.192. The van der Waals surface area contributed by atoms with Gasteiger partial charge in [0.2, 0.25) is 0 Å². The number of H-pyrrole nitrogens is 1. The number of amides is 2. The van der Waals surface area contributed by atoms with Crippen molar-refractivity contribution in [2.24, 2.45) is 22.8 Å². The molecule has 0 spiro atoms. The van der Waals surface area contributed by atoms with Gasteiger partial charge in [-0.2, -0.15) is 25.6 Å². The van der Waals surface area contributed by atoms with Crippen LogP contribution >= 0.6 is 11.6 Å². The topological polar surface area (TPSA) is 159 Å². The lowest BCUT2D eigenvalue weighted by Gasteiger charge is -2.29. The number of aromatic nitrogens is 6. The molecule has 3 aromatic heterocycles. The molecule has 3 N–H and O–H groups in total. The van der Waals surface area contributed by atoms with Crippen molar-refractivity contribution in [1.29, 1.82) is 5.26 Å². The molecule has 0 radical (unpaired) electrons. The molecule has 6 rings (SSSR count). The minimum Gasteiger partial charge on any atom is -0.390 e. The van der Waals surface area contributed by atoms with Gasteiger partial charge >= 0.3 is 6.03 Å². The number of nitrogens with two attached hydrogens (primary N) is 1. The number of aryl methyl sites for hydroxylation is 2. The summed E-state index contributed by atoms with van der Waals surface area (Å²) >= 11 is 7.07. The van der Waals surface area contributed by atoms with E-state index < -0.39 is 6.03 Å². The number of nitrogens with one attached hydrogen (secondary N) is 1. The molecule has 1 fully saturated rings. The second kappa shape index (κ2) is 11.6. The standard InChI is InChI=1S/C31H32ClN11O/c1-17-12-23-22(15-36-39-23)28(29(17)32)27-19(3)43(40-30(27)20-7-8-25-21(13-20)14-37-41(25)4)18(2)24-6-5-11-42(24)31(44)38-26(9-10-33)35-16-34/h7-8,12-16,18,24H,5-6,9,11H2,1-4H3,(H,36,39)(H2,34,35,38,44). The van der Waals surface area contributed by atoms with E-state index >= 15 is 0 Å². The van der Waals surface area contributed by atoms with Gasteiger partial charge in [-0.05, 0) is 57.4 Å². The van der Waals surface area contributed by atoms with Crippen LogP contribution < -0.4 is 5.73 Å². The van der Waals surface area contributed by atoms with Gasteiger partial charge in [0, 0.05) is 46.7 Å². The monoisotopic (exact) mass is 609 g/mol. The molecule has 224 valence electrons. The first kappa shape index (κ1) is 29.1. The number of likely N-dealkylation sites (tertiary alicyclic amines) is 1. The highest BCUT2D eigenvalue weighted by Crippen LogP contribution is 2.45. The smallest absolute Gasteiger partial charge is 0.345 e. The number of fused-ring (bicyclic) bond motifs is 2. The molecule has 5 aromatic rings. The predicted molar refractivity (Wildman–Crippen MR) is 172 cm³/mol. The van der Waals surface area contributed by atoms with Crippen LogP contribution in [-0.2, 0) is 7.05 Å². The van der Waals surface area contributed by atoms with E-state index in [4.69, 9.17) is 27.7 Å². The van der Waals surface area contributed by atoms with Crippen LogP contribution in [0, 0.1) is 25.2 Å². The Hall–Kier alpha value is -5.02. The Morgan fingerprint density at radius 2 is 2.11 bits per heavy atom. The van der Waals surface area contributed by atoms with Crippen molar-refractivity contribution in [1.82, 2.24) is 34.7 Å². The maximum atomic E-state index is 13.3. The molecule has 2 unspecified atom stereocenters. The number of amidine groups is 1. The largest absolute Gasteiger partial charge is 0.390 e. The van der Waals surface area contributed by atoms with Crippen LogP contribution in [0.25, 0.3) is 44.2 Å². The highest BCUT2D eigenvalue weighted by atomic mass is 35.5. The maximum absolute atomic E-state index is 13.3. The van der Waals surface area contributed by atoms with E-state index in [-0.39, 0.29) is 24.3 Å². The molecular formula is C31H32ClN11O. The number of aliphatic imine (C=N–C) groups is 2. The average molecular weight is 610 g/mol. The van der Waals surface area contributed by atoms with E-state index in [0.717, 1.165) is 74.6 Å². The third-order valence-corrected chi connectivity index (χ3v) is 8.94. The van der Waals surface area contributed by atoms with Crippen LogP contribution in [0.2, 0.25) is 5.02 Å². The number of nitrogens with zero attached hydrogens (tertiary/aromatic N) is 9. The summed E-state index contributed by atoms with van der Waals surface area (Å²) in [6.45, 7) is 6.63. The van der Waals surface area contributed by atoms with Crippen LogP contribution in [0.15, 0.2) is 46.6 Å². The Morgan fingerprint density at radius 1 is 1.30 bits per heavy atom. The van der Waals surface area contributed by atoms with Crippen molar-refractivity contribution in [3.8, 4) is 28.5 Å². The highest BCUT2D eigenvalue weighted by Gasteiger charge is 2.36. The molecule has 1 aliphatic rings. The number of halogens is 1. The van der Waals surface area contributed by atoms with E-state index in [2.05, 4.69) is 44.3 Å². The molecule has 44 heavy (non-hydrogen) atoms. The first-order valence-electron chi connectivity index (χ1n) is 14.4. The molecule has 2 aromatic carbocycles. The second-order valence-corrected chi connectivity index (χ2v) is 11.5. The molecule has 0 aliphatic carbocycles. The molecule has 0 saturated carbocycles. The van der Waals surface area contributed by atoms with Crippen LogP contribution in [0.4, 0.5) is 4.79 Å². The fourth-order valence-electron chi connectivity index (χ4n) is 6.31.